The minimum Gasteiger partial charge on any atom is -0.395 e. The fraction of sp³-hybridized carbons (Fsp3) is 0.778. The van der Waals surface area contributed by atoms with Crippen LogP contribution in [-0.2, 0) is 9.59 Å². The molecule has 0 spiro atoms. The maximum absolute atomic E-state index is 11.5. The van der Waals surface area contributed by atoms with Crippen LogP contribution in [0.4, 0.5) is 0 Å². The van der Waals surface area contributed by atoms with Crippen LogP contribution in [0.5, 0.6) is 0 Å². The molecule has 1 aliphatic rings. The molecule has 0 aromatic rings. The summed E-state index contributed by atoms with van der Waals surface area (Å²) in [7, 11) is 1.70. The molecular weight excluding hydrogens is 184 g/mol. The summed E-state index contributed by atoms with van der Waals surface area (Å²) in [5, 5.41) is 8.75. The Hall–Kier alpha value is -1.10. The monoisotopic (exact) mass is 200 g/mol. The average Bonchev–Trinajstić information content (AvgIpc) is 2.21. The van der Waals surface area contributed by atoms with Gasteiger partial charge in [0.25, 0.3) is 0 Å². The van der Waals surface area contributed by atoms with E-state index < -0.39 is 0 Å². The van der Waals surface area contributed by atoms with Gasteiger partial charge >= 0.3 is 0 Å². The Bertz CT molecular complexity index is 242. The standard InChI is InChI=1S/C9H16N2O3/c1-7-6-11(3-4-12)9(14)5-8(13)10(7)2/h7,12H,3-6H2,1-2H3. The predicted octanol–water partition coefficient (Wildman–Crippen LogP) is -0.942. The summed E-state index contributed by atoms with van der Waals surface area (Å²) in [6.45, 7) is 2.64. The summed E-state index contributed by atoms with van der Waals surface area (Å²) in [6, 6.07) is 0.0144. The summed E-state index contributed by atoms with van der Waals surface area (Å²) in [5.74, 6) is -0.344. The number of amides is 2. The van der Waals surface area contributed by atoms with Crippen molar-refractivity contribution in [2.24, 2.45) is 0 Å². The van der Waals surface area contributed by atoms with Crippen LogP contribution in [0.1, 0.15) is 13.3 Å². The second kappa shape index (κ2) is 4.41. The molecule has 0 aromatic carbocycles. The molecule has 0 saturated carbocycles. The molecule has 5 nitrogen and oxygen atoms in total. The molecule has 0 aliphatic carbocycles. The number of hydrogen-bond donors (Lipinski definition) is 1. The van der Waals surface area contributed by atoms with Gasteiger partial charge in [0, 0.05) is 26.2 Å². The quantitative estimate of drug-likeness (QED) is 0.585. The highest BCUT2D eigenvalue weighted by molar-refractivity contribution is 5.97. The van der Waals surface area contributed by atoms with Crippen LogP contribution < -0.4 is 0 Å². The number of hydrogen-bond acceptors (Lipinski definition) is 3. The Morgan fingerprint density at radius 3 is 2.64 bits per heavy atom. The van der Waals surface area contributed by atoms with Crippen molar-refractivity contribution < 1.29 is 14.7 Å². The second-order valence-electron chi connectivity index (χ2n) is 3.59. The zero-order valence-corrected chi connectivity index (χ0v) is 8.56. The Morgan fingerprint density at radius 2 is 2.07 bits per heavy atom. The second-order valence-corrected chi connectivity index (χ2v) is 3.59. The minimum absolute atomic E-state index is 0.0144. The van der Waals surface area contributed by atoms with E-state index in [1.165, 1.54) is 4.90 Å². The SMILES string of the molecule is CC1CN(CCO)C(=O)CC(=O)N1C. The van der Waals surface area contributed by atoms with E-state index in [4.69, 9.17) is 5.11 Å². The van der Waals surface area contributed by atoms with Crippen LogP contribution in [0.15, 0.2) is 0 Å². The van der Waals surface area contributed by atoms with E-state index in [2.05, 4.69) is 0 Å². The first kappa shape index (κ1) is 11.0. The maximum Gasteiger partial charge on any atom is 0.232 e. The van der Waals surface area contributed by atoms with E-state index >= 15 is 0 Å². The van der Waals surface area contributed by atoms with E-state index in [0.29, 0.717) is 13.1 Å². The molecule has 2 amide bonds. The topological polar surface area (TPSA) is 60.9 Å². The van der Waals surface area contributed by atoms with E-state index in [0.717, 1.165) is 0 Å². The van der Waals surface area contributed by atoms with Crippen molar-refractivity contribution in [2.75, 3.05) is 26.7 Å². The molecule has 0 radical (unpaired) electrons. The van der Waals surface area contributed by atoms with Gasteiger partial charge in [0.15, 0.2) is 0 Å². The van der Waals surface area contributed by atoms with E-state index in [1.54, 1.807) is 11.9 Å². The lowest BCUT2D eigenvalue weighted by Crippen LogP contribution is -2.40. The average molecular weight is 200 g/mol. The van der Waals surface area contributed by atoms with Crippen molar-refractivity contribution in [3.63, 3.8) is 0 Å². The minimum atomic E-state index is -0.194. The smallest absolute Gasteiger partial charge is 0.232 e. The summed E-state index contributed by atoms with van der Waals surface area (Å²) >= 11 is 0. The number of β-amino-alcohol motifs (C(OH)–C–C–N with tert-alkyl or cyclic N) is 1. The highest BCUT2D eigenvalue weighted by Crippen LogP contribution is 2.09. The first-order valence-corrected chi connectivity index (χ1v) is 4.70. The molecule has 0 aromatic heterocycles. The summed E-state index contributed by atoms with van der Waals surface area (Å²) < 4.78 is 0. The van der Waals surface area contributed by atoms with Gasteiger partial charge in [0.05, 0.1) is 6.61 Å². The van der Waals surface area contributed by atoms with Crippen LogP contribution >= 0.6 is 0 Å². The third-order valence-corrected chi connectivity index (χ3v) is 2.56. The number of aliphatic hydroxyl groups excluding tert-OH is 1. The third kappa shape index (κ3) is 2.23. The zero-order chi connectivity index (χ0) is 10.7. The van der Waals surface area contributed by atoms with Crippen molar-refractivity contribution in [3.8, 4) is 0 Å². The van der Waals surface area contributed by atoms with E-state index in [-0.39, 0.29) is 30.9 Å². The Morgan fingerprint density at radius 1 is 1.43 bits per heavy atom. The van der Waals surface area contributed by atoms with Gasteiger partial charge in [-0.05, 0) is 6.92 Å². The Balaban J connectivity index is 2.73. The molecule has 1 aliphatic heterocycles. The van der Waals surface area contributed by atoms with Gasteiger partial charge in [0.2, 0.25) is 11.8 Å². The molecule has 1 saturated heterocycles. The number of likely N-dealkylation sites (N-methyl/N-ethyl adjacent to an activating group) is 1. The lowest BCUT2D eigenvalue weighted by molar-refractivity contribution is -0.137. The van der Waals surface area contributed by atoms with Crippen molar-refractivity contribution in [1.29, 1.82) is 0 Å². The number of carbonyl (C=O) groups is 2. The van der Waals surface area contributed by atoms with Crippen molar-refractivity contribution in [3.05, 3.63) is 0 Å². The fourth-order valence-corrected chi connectivity index (χ4v) is 1.49. The number of rotatable bonds is 2. The Labute approximate surface area is 83.3 Å². The third-order valence-electron chi connectivity index (χ3n) is 2.56. The van der Waals surface area contributed by atoms with Crippen LogP contribution in [0.25, 0.3) is 0 Å². The molecule has 1 heterocycles. The van der Waals surface area contributed by atoms with Gasteiger partial charge in [0.1, 0.15) is 6.42 Å². The molecule has 1 fully saturated rings. The molecule has 14 heavy (non-hydrogen) atoms. The summed E-state index contributed by atoms with van der Waals surface area (Å²) in [4.78, 5) is 26.0. The highest BCUT2D eigenvalue weighted by atomic mass is 16.3. The Kier molecular flexibility index (Phi) is 3.46. The lowest BCUT2D eigenvalue weighted by Gasteiger charge is -2.25. The largest absolute Gasteiger partial charge is 0.395 e. The van der Waals surface area contributed by atoms with E-state index in [9.17, 15) is 9.59 Å². The number of aliphatic hydroxyl groups is 1. The molecule has 0 bridgehead atoms. The van der Waals surface area contributed by atoms with Crippen molar-refractivity contribution >= 4 is 11.8 Å². The predicted molar refractivity (Wildman–Crippen MR) is 50.5 cm³/mol. The van der Waals surface area contributed by atoms with Gasteiger partial charge in [-0.3, -0.25) is 9.59 Å². The first-order valence-electron chi connectivity index (χ1n) is 4.70. The normalized spacial score (nSPS) is 24.1. The molecule has 1 unspecified atom stereocenters. The first-order chi connectivity index (χ1) is 6.56. The maximum atomic E-state index is 11.5. The van der Waals surface area contributed by atoms with Gasteiger partial charge < -0.3 is 14.9 Å². The lowest BCUT2D eigenvalue weighted by atomic mass is 10.3. The van der Waals surface area contributed by atoms with Gasteiger partial charge in [-0.2, -0.15) is 0 Å². The molecule has 5 heteroatoms. The van der Waals surface area contributed by atoms with Gasteiger partial charge in [-0.1, -0.05) is 0 Å². The number of carbonyl (C=O) groups excluding carboxylic acids is 2. The fourth-order valence-electron chi connectivity index (χ4n) is 1.49. The van der Waals surface area contributed by atoms with Crippen LogP contribution in [-0.4, -0.2) is 59.5 Å². The van der Waals surface area contributed by atoms with Crippen molar-refractivity contribution in [1.82, 2.24) is 9.80 Å². The van der Waals surface area contributed by atoms with Gasteiger partial charge in [-0.15, -0.1) is 0 Å². The van der Waals surface area contributed by atoms with Crippen LogP contribution in [0.3, 0.4) is 0 Å². The molecule has 1 N–H and O–H groups in total. The van der Waals surface area contributed by atoms with Crippen LogP contribution in [0.2, 0.25) is 0 Å². The van der Waals surface area contributed by atoms with Crippen molar-refractivity contribution in [2.45, 2.75) is 19.4 Å². The van der Waals surface area contributed by atoms with Crippen LogP contribution in [0, 0.1) is 0 Å². The van der Waals surface area contributed by atoms with E-state index in [1.807, 2.05) is 6.92 Å². The molecule has 80 valence electrons. The summed E-state index contributed by atoms with van der Waals surface area (Å²) in [6.07, 6.45) is -0.0825. The zero-order valence-electron chi connectivity index (χ0n) is 8.56. The summed E-state index contributed by atoms with van der Waals surface area (Å²) in [5.41, 5.74) is 0. The van der Waals surface area contributed by atoms with Gasteiger partial charge in [-0.25, -0.2) is 0 Å². The molecule has 1 rings (SSSR count). The molecular formula is C9H16N2O3. The highest BCUT2D eigenvalue weighted by Gasteiger charge is 2.28. The molecule has 1 atom stereocenters. The number of nitrogens with zero attached hydrogens (tertiary/aromatic N) is 2.